The van der Waals surface area contributed by atoms with Gasteiger partial charge in [-0.15, -0.1) is 0 Å². The summed E-state index contributed by atoms with van der Waals surface area (Å²) in [7, 11) is 1.54. The minimum Gasteiger partial charge on any atom is -0.488 e. The Morgan fingerprint density at radius 1 is 1.03 bits per heavy atom. The summed E-state index contributed by atoms with van der Waals surface area (Å²) in [6, 6.07) is 19.7. The molecule has 150 valence electrons. The molecule has 0 atom stereocenters. The van der Waals surface area contributed by atoms with Crippen molar-refractivity contribution in [1.82, 2.24) is 10.2 Å². The lowest BCUT2D eigenvalue weighted by Crippen LogP contribution is -2.52. The van der Waals surface area contributed by atoms with Gasteiger partial charge < -0.3 is 4.74 Å². The molecule has 5 nitrogen and oxygen atoms in total. The fourth-order valence-electron chi connectivity index (χ4n) is 3.29. The van der Waals surface area contributed by atoms with Crippen LogP contribution in [0.2, 0.25) is 0 Å². The first-order valence-electron chi connectivity index (χ1n) is 9.49. The van der Waals surface area contributed by atoms with Gasteiger partial charge in [-0.05, 0) is 47.6 Å². The van der Waals surface area contributed by atoms with Gasteiger partial charge in [-0.25, -0.2) is 0 Å². The van der Waals surface area contributed by atoms with Crippen molar-refractivity contribution in [3.63, 3.8) is 0 Å². The summed E-state index contributed by atoms with van der Waals surface area (Å²) in [4.78, 5) is 26.4. The van der Waals surface area contributed by atoms with E-state index in [2.05, 4.69) is 5.32 Å². The molecule has 3 aromatic carbocycles. The van der Waals surface area contributed by atoms with E-state index >= 15 is 0 Å². The smallest absolute Gasteiger partial charge is 0.265 e. The number of fused-ring (bicyclic) bond motifs is 1. The fraction of sp³-hybridized carbons (Fsp3) is 0.125. The van der Waals surface area contributed by atoms with Crippen LogP contribution in [0, 0.1) is 6.92 Å². The number of carbonyl (C=O) groups is 2. The zero-order valence-corrected chi connectivity index (χ0v) is 17.5. The summed E-state index contributed by atoms with van der Waals surface area (Å²) >= 11 is 5.03. The van der Waals surface area contributed by atoms with Crippen LogP contribution in [0.1, 0.15) is 16.7 Å². The molecule has 3 aromatic rings. The van der Waals surface area contributed by atoms with Gasteiger partial charge in [0, 0.05) is 12.6 Å². The molecular weight excluding hydrogens is 396 g/mol. The number of nitrogens with one attached hydrogen (secondary N) is 1. The second-order valence-electron chi connectivity index (χ2n) is 7.15. The predicted molar refractivity (Wildman–Crippen MR) is 121 cm³/mol. The van der Waals surface area contributed by atoms with Crippen molar-refractivity contribution in [3.05, 3.63) is 82.9 Å². The molecule has 1 N–H and O–H groups in total. The normalized spacial score (nSPS) is 15.6. The third-order valence-corrected chi connectivity index (χ3v) is 5.41. The van der Waals surface area contributed by atoms with Crippen LogP contribution >= 0.6 is 12.2 Å². The third-order valence-electron chi connectivity index (χ3n) is 5.04. The number of likely N-dealkylation sites (N-methyl/N-ethyl adjacent to an activating group) is 1. The zero-order valence-electron chi connectivity index (χ0n) is 16.6. The van der Waals surface area contributed by atoms with E-state index in [0.717, 1.165) is 16.3 Å². The van der Waals surface area contributed by atoms with Crippen molar-refractivity contribution in [2.45, 2.75) is 13.5 Å². The number of nitrogens with zero attached hydrogens (tertiary/aromatic N) is 1. The average Bonchev–Trinajstić information content (AvgIpc) is 2.75. The quantitative estimate of drug-likeness (QED) is 0.397. The summed E-state index contributed by atoms with van der Waals surface area (Å²) < 4.78 is 6.10. The first-order valence-corrected chi connectivity index (χ1v) is 9.90. The van der Waals surface area contributed by atoms with Crippen LogP contribution in [-0.2, 0) is 16.2 Å². The molecule has 0 radical (unpaired) electrons. The highest BCUT2D eigenvalue weighted by molar-refractivity contribution is 7.80. The van der Waals surface area contributed by atoms with Crippen molar-refractivity contribution in [2.75, 3.05) is 7.05 Å². The lowest BCUT2D eigenvalue weighted by molar-refractivity contribution is -0.128. The maximum absolute atomic E-state index is 12.7. The van der Waals surface area contributed by atoms with Crippen LogP contribution in [0.3, 0.4) is 0 Å². The summed E-state index contributed by atoms with van der Waals surface area (Å²) in [5, 5.41) is 4.52. The van der Waals surface area contributed by atoms with Crippen LogP contribution < -0.4 is 10.1 Å². The minimum atomic E-state index is -0.513. The highest BCUT2D eigenvalue weighted by atomic mass is 32.1. The van der Waals surface area contributed by atoms with E-state index in [1.54, 1.807) is 6.08 Å². The second-order valence-corrected chi connectivity index (χ2v) is 7.54. The number of benzene rings is 3. The van der Waals surface area contributed by atoms with Gasteiger partial charge in [0.1, 0.15) is 17.9 Å². The summed E-state index contributed by atoms with van der Waals surface area (Å²) in [6.45, 7) is 2.41. The van der Waals surface area contributed by atoms with Gasteiger partial charge in [0.15, 0.2) is 5.11 Å². The Labute approximate surface area is 179 Å². The number of carbonyl (C=O) groups excluding carboxylic acids is 2. The van der Waals surface area contributed by atoms with E-state index in [0.29, 0.717) is 17.9 Å². The van der Waals surface area contributed by atoms with E-state index in [9.17, 15) is 9.59 Å². The highest BCUT2D eigenvalue weighted by Crippen LogP contribution is 2.31. The number of rotatable bonds is 4. The van der Waals surface area contributed by atoms with Crippen LogP contribution in [-0.4, -0.2) is 28.9 Å². The summed E-state index contributed by atoms with van der Waals surface area (Å²) in [5.41, 5.74) is 2.91. The van der Waals surface area contributed by atoms with Crippen LogP contribution in [0.4, 0.5) is 0 Å². The fourth-order valence-corrected chi connectivity index (χ4v) is 3.46. The Morgan fingerprint density at radius 3 is 2.53 bits per heavy atom. The van der Waals surface area contributed by atoms with Gasteiger partial charge >= 0.3 is 0 Å². The minimum absolute atomic E-state index is 0.0163. The number of thiocarbonyl (C=S) groups is 1. The Hall–Kier alpha value is -3.51. The SMILES string of the molecule is Cc1ccc(COc2ccc3ccccc3c2/C=C2\C(=O)NC(=S)N(C)C2=O)cc1. The summed E-state index contributed by atoms with van der Waals surface area (Å²) in [5.74, 6) is -0.361. The summed E-state index contributed by atoms with van der Waals surface area (Å²) in [6.07, 6.45) is 1.59. The highest BCUT2D eigenvalue weighted by Gasteiger charge is 2.31. The van der Waals surface area contributed by atoms with Crippen molar-refractivity contribution in [3.8, 4) is 5.75 Å². The Kier molecular flexibility index (Phi) is 5.33. The molecule has 30 heavy (non-hydrogen) atoms. The van der Waals surface area contributed by atoms with Crippen molar-refractivity contribution >= 4 is 46.0 Å². The maximum atomic E-state index is 12.7. The first kappa shape index (κ1) is 19.8. The number of hydrogen-bond donors (Lipinski definition) is 1. The van der Waals surface area contributed by atoms with Gasteiger partial charge in [-0.2, -0.15) is 0 Å². The molecule has 1 fully saturated rings. The van der Waals surface area contributed by atoms with E-state index in [1.165, 1.54) is 17.5 Å². The molecule has 1 aliphatic heterocycles. The molecule has 0 spiro atoms. The molecular formula is C24H20N2O3S. The van der Waals surface area contributed by atoms with Crippen molar-refractivity contribution < 1.29 is 14.3 Å². The molecule has 0 saturated carbocycles. The van der Waals surface area contributed by atoms with E-state index in [1.807, 2.05) is 67.6 Å². The predicted octanol–water partition coefficient (Wildman–Crippen LogP) is 3.98. The van der Waals surface area contributed by atoms with Crippen LogP contribution in [0.25, 0.3) is 16.8 Å². The zero-order chi connectivity index (χ0) is 21.3. The molecule has 0 bridgehead atoms. The molecule has 1 heterocycles. The Bertz CT molecular complexity index is 1200. The topological polar surface area (TPSA) is 58.6 Å². The van der Waals surface area contributed by atoms with Crippen molar-refractivity contribution in [2.24, 2.45) is 0 Å². The van der Waals surface area contributed by atoms with Gasteiger partial charge in [0.2, 0.25) is 0 Å². The average molecular weight is 417 g/mol. The lowest BCUT2D eigenvalue weighted by atomic mass is 10.00. The molecule has 0 aliphatic carbocycles. The third kappa shape index (κ3) is 3.82. The van der Waals surface area contributed by atoms with Gasteiger partial charge in [0.25, 0.3) is 11.8 Å². The monoisotopic (exact) mass is 416 g/mol. The Balaban J connectivity index is 1.77. The van der Waals surface area contributed by atoms with Crippen LogP contribution in [0.5, 0.6) is 5.75 Å². The maximum Gasteiger partial charge on any atom is 0.265 e. The van der Waals surface area contributed by atoms with E-state index < -0.39 is 11.8 Å². The molecule has 0 aromatic heterocycles. The standard InChI is InChI=1S/C24H20N2O3S/c1-15-7-9-16(10-8-15)14-29-21-12-11-17-5-3-4-6-18(17)19(21)13-20-22(27)25-24(30)26(2)23(20)28/h3-13H,14H2,1-2H3,(H,25,27,30)/b20-13+. The van der Waals surface area contributed by atoms with E-state index in [4.69, 9.17) is 17.0 Å². The van der Waals surface area contributed by atoms with E-state index in [-0.39, 0.29) is 10.7 Å². The second kappa shape index (κ2) is 8.08. The molecule has 1 saturated heterocycles. The first-order chi connectivity index (χ1) is 14.4. The number of ether oxygens (including phenoxy) is 1. The van der Waals surface area contributed by atoms with Gasteiger partial charge in [-0.1, -0.05) is 60.2 Å². The molecule has 2 amide bonds. The number of hydrogen-bond acceptors (Lipinski definition) is 4. The van der Waals surface area contributed by atoms with Gasteiger partial charge in [-0.3, -0.25) is 19.8 Å². The molecule has 4 rings (SSSR count). The van der Waals surface area contributed by atoms with Crippen molar-refractivity contribution in [1.29, 1.82) is 0 Å². The largest absolute Gasteiger partial charge is 0.488 e. The molecule has 6 heteroatoms. The van der Waals surface area contributed by atoms with Gasteiger partial charge in [0.05, 0.1) is 0 Å². The Morgan fingerprint density at radius 2 is 1.77 bits per heavy atom. The number of aryl methyl sites for hydroxylation is 1. The molecule has 0 unspecified atom stereocenters. The lowest BCUT2D eigenvalue weighted by Gasteiger charge is -2.25. The van der Waals surface area contributed by atoms with Crippen LogP contribution in [0.15, 0.2) is 66.2 Å². The number of amides is 2. The molecule has 1 aliphatic rings.